The van der Waals surface area contributed by atoms with E-state index in [1.165, 1.54) is 6.20 Å². The molecule has 2 aliphatic rings. The van der Waals surface area contributed by atoms with Gasteiger partial charge in [-0.05, 0) is 31.0 Å². The molecule has 0 spiro atoms. The Kier molecular flexibility index (Phi) is 5.25. The van der Waals surface area contributed by atoms with Crippen LogP contribution in [0.3, 0.4) is 0 Å². The zero-order chi connectivity index (χ0) is 22.5. The summed E-state index contributed by atoms with van der Waals surface area (Å²) in [5.74, 6) is -0.347. The summed E-state index contributed by atoms with van der Waals surface area (Å²) in [4.78, 5) is 30.9. The van der Waals surface area contributed by atoms with E-state index in [2.05, 4.69) is 14.8 Å². The number of aromatic nitrogens is 3. The SMILES string of the molecule is O=C(CC1(COC(F)F)CC1)c1cnn2c1CN(C(=O)c1cc3c(Cl)cccc3[nH]1)CC2. The quantitative estimate of drug-likeness (QED) is 0.532. The highest BCUT2D eigenvalue weighted by Gasteiger charge is 2.46. The molecule has 0 radical (unpaired) electrons. The number of hydrogen-bond acceptors (Lipinski definition) is 4. The van der Waals surface area contributed by atoms with Crippen molar-refractivity contribution in [2.24, 2.45) is 5.41 Å². The third-order valence-corrected chi connectivity index (χ3v) is 6.64. The molecular formula is C22H21ClF2N4O3. The molecule has 1 aromatic carbocycles. The normalized spacial score (nSPS) is 17.1. The molecule has 1 amide bonds. The molecule has 1 aliphatic heterocycles. The van der Waals surface area contributed by atoms with Crippen LogP contribution in [0.4, 0.5) is 8.78 Å². The number of amides is 1. The van der Waals surface area contributed by atoms with Gasteiger partial charge in [0, 0.05) is 34.3 Å². The number of nitrogens with zero attached hydrogens (tertiary/aromatic N) is 3. The van der Waals surface area contributed by atoms with E-state index in [-0.39, 0.29) is 31.3 Å². The third-order valence-electron chi connectivity index (χ3n) is 6.31. The fourth-order valence-corrected chi connectivity index (χ4v) is 4.51. The second-order valence-electron chi connectivity index (χ2n) is 8.51. The van der Waals surface area contributed by atoms with Crippen LogP contribution in [0.25, 0.3) is 10.9 Å². The number of hydrogen-bond donors (Lipinski definition) is 1. The van der Waals surface area contributed by atoms with Crippen LogP contribution in [-0.2, 0) is 17.8 Å². The standard InChI is InChI=1S/C22H21ClF2N4O3/c23-15-2-1-3-16-13(15)8-17(27-16)20(31)28-6-7-29-18(11-28)14(10-26-29)19(30)9-22(4-5-22)12-32-21(24)25/h1-3,8,10,21,27H,4-7,9,11-12H2. The zero-order valence-electron chi connectivity index (χ0n) is 17.1. The van der Waals surface area contributed by atoms with Crippen LogP contribution in [0.2, 0.25) is 5.02 Å². The number of rotatable bonds is 7. The van der Waals surface area contributed by atoms with E-state index in [4.69, 9.17) is 11.6 Å². The number of carbonyl (C=O) groups excluding carboxylic acids is 2. The first kappa shape index (κ1) is 21.1. The fraction of sp³-hybridized carbons (Fsp3) is 0.409. The van der Waals surface area contributed by atoms with E-state index in [0.717, 1.165) is 10.9 Å². The number of benzene rings is 1. The first-order valence-electron chi connectivity index (χ1n) is 10.4. The molecule has 3 heterocycles. The number of ketones is 1. The van der Waals surface area contributed by atoms with E-state index >= 15 is 0 Å². The maximum absolute atomic E-state index is 13.1. The summed E-state index contributed by atoms with van der Waals surface area (Å²) in [5.41, 5.74) is 1.78. The van der Waals surface area contributed by atoms with Crippen molar-refractivity contribution < 1.29 is 23.1 Å². The summed E-state index contributed by atoms with van der Waals surface area (Å²) in [6, 6.07) is 7.16. The van der Waals surface area contributed by atoms with Crippen molar-refractivity contribution in [3.05, 3.63) is 52.4 Å². The smallest absolute Gasteiger partial charge is 0.345 e. The summed E-state index contributed by atoms with van der Waals surface area (Å²) in [6.07, 6.45) is 3.01. The molecular weight excluding hydrogens is 442 g/mol. The number of ether oxygens (including phenoxy) is 1. The maximum atomic E-state index is 13.1. The predicted octanol–water partition coefficient (Wildman–Crippen LogP) is 4.27. The van der Waals surface area contributed by atoms with Gasteiger partial charge >= 0.3 is 6.61 Å². The van der Waals surface area contributed by atoms with Crippen LogP contribution < -0.4 is 0 Å². The number of carbonyl (C=O) groups is 2. The Balaban J connectivity index is 1.32. The monoisotopic (exact) mass is 462 g/mol. The van der Waals surface area contributed by atoms with Crippen molar-refractivity contribution in [3.63, 3.8) is 0 Å². The van der Waals surface area contributed by atoms with Crippen molar-refractivity contribution in [2.75, 3.05) is 13.2 Å². The van der Waals surface area contributed by atoms with Crippen molar-refractivity contribution in [1.82, 2.24) is 19.7 Å². The van der Waals surface area contributed by atoms with Gasteiger partial charge in [-0.2, -0.15) is 13.9 Å². The van der Waals surface area contributed by atoms with E-state index in [0.29, 0.717) is 47.9 Å². The van der Waals surface area contributed by atoms with Crippen LogP contribution >= 0.6 is 11.6 Å². The number of nitrogens with one attached hydrogen (secondary N) is 1. The number of H-pyrrole nitrogens is 1. The van der Waals surface area contributed by atoms with Crippen molar-refractivity contribution in [3.8, 4) is 0 Å². The average molecular weight is 463 g/mol. The maximum Gasteiger partial charge on any atom is 0.345 e. The number of fused-ring (bicyclic) bond motifs is 2. The lowest BCUT2D eigenvalue weighted by Gasteiger charge is -2.28. The molecule has 1 N–H and O–H groups in total. The van der Waals surface area contributed by atoms with Gasteiger partial charge < -0.3 is 14.6 Å². The molecule has 1 aliphatic carbocycles. The molecule has 168 valence electrons. The van der Waals surface area contributed by atoms with E-state index in [1.807, 2.05) is 12.1 Å². The Bertz CT molecular complexity index is 1200. The molecule has 0 bridgehead atoms. The van der Waals surface area contributed by atoms with Gasteiger partial charge in [0.15, 0.2) is 5.78 Å². The minimum atomic E-state index is -2.84. The van der Waals surface area contributed by atoms with Crippen molar-refractivity contribution in [1.29, 1.82) is 0 Å². The van der Waals surface area contributed by atoms with Crippen LogP contribution in [0.5, 0.6) is 0 Å². The van der Waals surface area contributed by atoms with Crippen LogP contribution in [0, 0.1) is 5.41 Å². The fourth-order valence-electron chi connectivity index (χ4n) is 4.28. The average Bonchev–Trinajstić information content (AvgIpc) is 3.20. The second kappa shape index (κ2) is 7.97. The number of halogens is 3. The summed E-state index contributed by atoms with van der Waals surface area (Å²) < 4.78 is 31.0. The zero-order valence-corrected chi connectivity index (χ0v) is 17.9. The summed E-state index contributed by atoms with van der Waals surface area (Å²) in [6.45, 7) is -1.81. The summed E-state index contributed by atoms with van der Waals surface area (Å²) >= 11 is 6.22. The lowest BCUT2D eigenvalue weighted by Crippen LogP contribution is -2.39. The highest BCUT2D eigenvalue weighted by atomic mass is 35.5. The molecule has 5 rings (SSSR count). The molecule has 0 atom stereocenters. The first-order chi connectivity index (χ1) is 15.3. The minimum absolute atomic E-state index is 0.132. The Morgan fingerprint density at radius 1 is 1.28 bits per heavy atom. The molecule has 10 heteroatoms. The van der Waals surface area contributed by atoms with Crippen LogP contribution in [0.1, 0.15) is 45.8 Å². The number of Topliss-reactive ketones (excluding diaryl/α,β-unsaturated/α-hetero) is 1. The van der Waals surface area contributed by atoms with Gasteiger partial charge in [0.2, 0.25) is 0 Å². The highest BCUT2D eigenvalue weighted by molar-refractivity contribution is 6.35. The Hall–Kier alpha value is -2.78. The minimum Gasteiger partial charge on any atom is -0.350 e. The topological polar surface area (TPSA) is 80.2 Å². The van der Waals surface area contributed by atoms with Gasteiger partial charge in [-0.1, -0.05) is 17.7 Å². The number of alkyl halides is 2. The molecule has 7 nitrogen and oxygen atoms in total. The molecule has 1 saturated carbocycles. The Labute approximate surface area is 187 Å². The second-order valence-corrected chi connectivity index (χ2v) is 8.92. The van der Waals surface area contributed by atoms with E-state index in [9.17, 15) is 18.4 Å². The van der Waals surface area contributed by atoms with E-state index in [1.54, 1.807) is 21.7 Å². The third kappa shape index (κ3) is 3.91. The van der Waals surface area contributed by atoms with Gasteiger partial charge in [-0.3, -0.25) is 14.3 Å². The lowest BCUT2D eigenvalue weighted by molar-refractivity contribution is -0.140. The molecule has 2 aromatic heterocycles. The van der Waals surface area contributed by atoms with Gasteiger partial charge in [-0.25, -0.2) is 0 Å². The van der Waals surface area contributed by atoms with Gasteiger partial charge in [0.05, 0.1) is 37.2 Å². The summed E-state index contributed by atoms with van der Waals surface area (Å²) in [7, 11) is 0. The predicted molar refractivity (Wildman–Crippen MR) is 113 cm³/mol. The molecule has 0 unspecified atom stereocenters. The van der Waals surface area contributed by atoms with Gasteiger partial charge in [0.25, 0.3) is 5.91 Å². The van der Waals surface area contributed by atoms with E-state index < -0.39 is 12.0 Å². The highest BCUT2D eigenvalue weighted by Crippen LogP contribution is 2.50. The molecule has 3 aromatic rings. The van der Waals surface area contributed by atoms with Crippen molar-refractivity contribution in [2.45, 2.75) is 39.0 Å². The largest absolute Gasteiger partial charge is 0.350 e. The van der Waals surface area contributed by atoms with Gasteiger partial charge in [-0.15, -0.1) is 0 Å². The lowest BCUT2D eigenvalue weighted by atomic mass is 9.96. The Morgan fingerprint density at radius 3 is 2.81 bits per heavy atom. The summed E-state index contributed by atoms with van der Waals surface area (Å²) in [5, 5.41) is 5.63. The molecule has 0 saturated heterocycles. The molecule has 32 heavy (non-hydrogen) atoms. The molecule has 1 fully saturated rings. The van der Waals surface area contributed by atoms with Crippen LogP contribution in [-0.4, -0.2) is 51.1 Å². The van der Waals surface area contributed by atoms with Crippen LogP contribution in [0.15, 0.2) is 30.5 Å². The van der Waals surface area contributed by atoms with Gasteiger partial charge in [0.1, 0.15) is 5.69 Å². The number of aromatic amines is 1. The first-order valence-corrected chi connectivity index (χ1v) is 10.8. The Morgan fingerprint density at radius 2 is 2.09 bits per heavy atom. The van der Waals surface area contributed by atoms with Crippen molar-refractivity contribution >= 4 is 34.2 Å².